The van der Waals surface area contributed by atoms with Crippen molar-refractivity contribution in [2.45, 2.75) is 19.3 Å². The molecule has 35 heavy (non-hydrogen) atoms. The first-order valence-electron chi connectivity index (χ1n) is 10.6. The van der Waals surface area contributed by atoms with Crippen molar-refractivity contribution in [3.63, 3.8) is 0 Å². The van der Waals surface area contributed by atoms with Crippen LogP contribution >= 0.6 is 0 Å². The smallest absolute Gasteiger partial charge is 0.453 e. The highest BCUT2D eigenvalue weighted by molar-refractivity contribution is 5.84. The average Bonchev–Trinajstić information content (AvgIpc) is 2.85. The Morgan fingerprint density at radius 1 is 1.09 bits per heavy atom. The third-order valence-corrected chi connectivity index (χ3v) is 5.53. The van der Waals surface area contributed by atoms with Crippen LogP contribution in [-0.2, 0) is 19.3 Å². The highest BCUT2D eigenvalue weighted by Gasteiger charge is 2.41. The standard InChI is InChI=1S/C25H19F3N2O5/c1-32-16-4-6-17(7-5-16)34-23-21(31)18-8-9-20-19(22(18)35-24(23)25(26,27)28)13-30(14-33-20)12-15-3-2-10-29-11-15/h2-11H,12-14H2,1H3. The van der Waals surface area contributed by atoms with Crippen LogP contribution in [0.25, 0.3) is 11.0 Å². The fraction of sp³-hybridized carbons (Fsp3) is 0.200. The molecule has 0 atom stereocenters. The van der Waals surface area contributed by atoms with E-state index < -0.39 is 23.1 Å². The summed E-state index contributed by atoms with van der Waals surface area (Å²) in [6.45, 7) is 0.904. The molecule has 0 radical (unpaired) electrons. The lowest BCUT2D eigenvalue weighted by molar-refractivity contribution is -0.154. The van der Waals surface area contributed by atoms with Crippen molar-refractivity contribution in [2.24, 2.45) is 0 Å². The van der Waals surface area contributed by atoms with E-state index >= 15 is 0 Å². The number of fused-ring (bicyclic) bond motifs is 3. The van der Waals surface area contributed by atoms with E-state index in [1.54, 1.807) is 24.5 Å². The van der Waals surface area contributed by atoms with E-state index in [9.17, 15) is 18.0 Å². The normalized spacial score (nSPS) is 13.8. The highest BCUT2D eigenvalue weighted by Crippen LogP contribution is 2.41. The SMILES string of the molecule is COc1ccc(Oc2c(C(F)(F)F)oc3c4c(ccc3c2=O)OCN(Cc2cccnc2)C4)cc1. The van der Waals surface area contributed by atoms with Crippen molar-refractivity contribution >= 4 is 11.0 Å². The van der Waals surface area contributed by atoms with E-state index in [0.717, 1.165) is 5.56 Å². The maximum Gasteiger partial charge on any atom is 0.453 e. The van der Waals surface area contributed by atoms with Crippen molar-refractivity contribution < 1.29 is 31.8 Å². The summed E-state index contributed by atoms with van der Waals surface area (Å²) in [5, 5.41) is -0.0351. The molecular weight excluding hydrogens is 465 g/mol. The maximum absolute atomic E-state index is 14.0. The molecule has 1 aliphatic rings. The van der Waals surface area contributed by atoms with Gasteiger partial charge in [-0.15, -0.1) is 0 Å². The summed E-state index contributed by atoms with van der Waals surface area (Å²) in [6.07, 6.45) is -1.62. The zero-order valence-electron chi connectivity index (χ0n) is 18.5. The second kappa shape index (κ2) is 8.95. The molecule has 0 spiro atoms. The van der Waals surface area contributed by atoms with E-state index in [1.807, 2.05) is 11.0 Å². The molecule has 2 aromatic carbocycles. The fourth-order valence-electron chi connectivity index (χ4n) is 3.89. The Morgan fingerprint density at radius 2 is 1.86 bits per heavy atom. The van der Waals surface area contributed by atoms with Crippen LogP contribution in [0, 0.1) is 0 Å². The zero-order chi connectivity index (χ0) is 24.6. The molecule has 4 aromatic rings. The van der Waals surface area contributed by atoms with E-state index in [0.29, 0.717) is 23.6 Å². The fourth-order valence-corrected chi connectivity index (χ4v) is 3.89. The van der Waals surface area contributed by atoms with Crippen LogP contribution in [0.15, 0.2) is 70.1 Å². The molecule has 1 aliphatic heterocycles. The summed E-state index contributed by atoms with van der Waals surface area (Å²) in [4.78, 5) is 19.2. The van der Waals surface area contributed by atoms with Gasteiger partial charge in [0.1, 0.15) is 29.6 Å². The van der Waals surface area contributed by atoms with Gasteiger partial charge in [-0.3, -0.25) is 14.7 Å². The largest absolute Gasteiger partial charge is 0.497 e. The van der Waals surface area contributed by atoms with Crippen LogP contribution in [0.3, 0.4) is 0 Å². The lowest BCUT2D eigenvalue weighted by Gasteiger charge is -2.29. The minimum Gasteiger partial charge on any atom is -0.497 e. The van der Waals surface area contributed by atoms with Gasteiger partial charge < -0.3 is 18.6 Å². The van der Waals surface area contributed by atoms with Gasteiger partial charge in [0.2, 0.25) is 11.2 Å². The Morgan fingerprint density at radius 3 is 2.54 bits per heavy atom. The van der Waals surface area contributed by atoms with Crippen LogP contribution in [0.4, 0.5) is 13.2 Å². The number of nitrogens with zero attached hydrogens (tertiary/aromatic N) is 2. The molecule has 7 nitrogen and oxygen atoms in total. The first kappa shape index (κ1) is 22.7. The van der Waals surface area contributed by atoms with E-state index in [4.69, 9.17) is 18.6 Å². The summed E-state index contributed by atoms with van der Waals surface area (Å²) in [6, 6.07) is 12.4. The summed E-state index contributed by atoms with van der Waals surface area (Å²) >= 11 is 0. The molecule has 0 bridgehead atoms. The zero-order valence-corrected chi connectivity index (χ0v) is 18.5. The van der Waals surface area contributed by atoms with Crippen LogP contribution in [0.5, 0.6) is 23.0 Å². The first-order valence-corrected chi connectivity index (χ1v) is 10.6. The number of benzene rings is 2. The monoisotopic (exact) mass is 484 g/mol. The average molecular weight is 484 g/mol. The summed E-state index contributed by atoms with van der Waals surface area (Å²) < 4.78 is 63.5. The molecule has 0 amide bonds. The van der Waals surface area contributed by atoms with Gasteiger partial charge in [0, 0.05) is 25.5 Å². The molecule has 180 valence electrons. The molecule has 2 aromatic heterocycles. The highest BCUT2D eigenvalue weighted by atomic mass is 19.4. The van der Waals surface area contributed by atoms with Gasteiger partial charge >= 0.3 is 6.18 Å². The van der Waals surface area contributed by atoms with Crippen molar-refractivity contribution in [3.8, 4) is 23.0 Å². The molecule has 0 aliphatic carbocycles. The van der Waals surface area contributed by atoms with Gasteiger partial charge in [0.15, 0.2) is 0 Å². The van der Waals surface area contributed by atoms with Crippen molar-refractivity contribution in [1.29, 1.82) is 0 Å². The molecule has 0 saturated carbocycles. The van der Waals surface area contributed by atoms with Crippen LogP contribution in [-0.4, -0.2) is 23.7 Å². The lowest BCUT2D eigenvalue weighted by Crippen LogP contribution is -2.32. The maximum atomic E-state index is 14.0. The Balaban J connectivity index is 1.58. The van der Waals surface area contributed by atoms with Gasteiger partial charge in [-0.25, -0.2) is 0 Å². The number of pyridine rings is 1. The second-order valence-electron chi connectivity index (χ2n) is 7.91. The van der Waals surface area contributed by atoms with Crippen LogP contribution in [0.1, 0.15) is 16.9 Å². The van der Waals surface area contributed by atoms with Gasteiger partial charge in [-0.2, -0.15) is 13.2 Å². The van der Waals surface area contributed by atoms with Crippen molar-refractivity contribution in [3.05, 3.63) is 88.0 Å². The topological polar surface area (TPSA) is 74.0 Å². The van der Waals surface area contributed by atoms with Gasteiger partial charge in [-0.05, 0) is 48.0 Å². The Kier molecular flexibility index (Phi) is 5.81. The predicted octanol–water partition coefficient (Wildman–Crippen LogP) is 5.36. The Labute approximate surface area is 197 Å². The summed E-state index contributed by atoms with van der Waals surface area (Å²) in [5.74, 6) is -1.56. The number of methoxy groups -OCH3 is 1. The van der Waals surface area contributed by atoms with Gasteiger partial charge in [-0.1, -0.05) is 6.07 Å². The summed E-state index contributed by atoms with van der Waals surface area (Å²) in [5.41, 5.74) is 0.156. The molecule has 3 heterocycles. The summed E-state index contributed by atoms with van der Waals surface area (Å²) in [7, 11) is 1.46. The molecular formula is C25H19F3N2O5. The first-order chi connectivity index (χ1) is 16.8. The third kappa shape index (κ3) is 4.52. The predicted molar refractivity (Wildman–Crippen MR) is 120 cm³/mol. The molecule has 0 unspecified atom stereocenters. The number of hydrogen-bond donors (Lipinski definition) is 0. The molecule has 0 fully saturated rings. The Bertz CT molecular complexity index is 1420. The number of hydrogen-bond acceptors (Lipinski definition) is 7. The molecule has 10 heteroatoms. The minimum atomic E-state index is -4.97. The second-order valence-corrected chi connectivity index (χ2v) is 7.91. The lowest BCUT2D eigenvalue weighted by atomic mass is 10.1. The number of rotatable bonds is 5. The van der Waals surface area contributed by atoms with Crippen LogP contribution < -0.4 is 19.6 Å². The Hall–Kier alpha value is -4.05. The van der Waals surface area contributed by atoms with Crippen molar-refractivity contribution in [2.75, 3.05) is 13.8 Å². The number of ether oxygens (including phenoxy) is 3. The minimum absolute atomic E-state index is 0.0342. The van der Waals surface area contributed by atoms with E-state index in [1.165, 1.54) is 37.4 Å². The van der Waals surface area contributed by atoms with E-state index in [2.05, 4.69) is 4.98 Å². The third-order valence-electron chi connectivity index (χ3n) is 5.53. The number of alkyl halides is 3. The quantitative estimate of drug-likeness (QED) is 0.378. The number of aromatic nitrogens is 1. The van der Waals surface area contributed by atoms with Crippen molar-refractivity contribution in [1.82, 2.24) is 9.88 Å². The molecule has 5 rings (SSSR count). The van der Waals surface area contributed by atoms with Gasteiger partial charge in [0.25, 0.3) is 5.76 Å². The number of halogens is 3. The molecule has 0 N–H and O–H groups in total. The van der Waals surface area contributed by atoms with E-state index in [-0.39, 0.29) is 30.0 Å². The van der Waals surface area contributed by atoms with Gasteiger partial charge in [0.05, 0.1) is 18.1 Å². The van der Waals surface area contributed by atoms with Crippen LogP contribution in [0.2, 0.25) is 0 Å². The molecule has 0 saturated heterocycles.